The first-order valence-corrected chi connectivity index (χ1v) is 7.39. The fourth-order valence-electron chi connectivity index (χ4n) is 2.25. The Kier molecular flexibility index (Phi) is 4.91. The number of hydrogen-bond acceptors (Lipinski definition) is 2. The molecule has 2 heteroatoms. The van der Waals surface area contributed by atoms with Gasteiger partial charge in [-0.25, -0.2) is 0 Å². The monoisotopic (exact) mass is 268 g/mol. The Hall–Kier alpha value is -1.67. The zero-order chi connectivity index (χ0) is 14.5. The van der Waals surface area contributed by atoms with E-state index in [9.17, 15) is 0 Å². The van der Waals surface area contributed by atoms with Crippen molar-refractivity contribution in [3.05, 3.63) is 47.2 Å². The van der Waals surface area contributed by atoms with Crippen LogP contribution in [0.2, 0.25) is 0 Å². The largest absolute Gasteiger partial charge is 0.311 e. The SMILES string of the molecule is CCCNC(C)/C(C)=C/c1ccc2nc(C)ccc2c1. The van der Waals surface area contributed by atoms with Crippen LogP contribution in [0.3, 0.4) is 0 Å². The molecule has 0 bridgehead atoms. The van der Waals surface area contributed by atoms with E-state index in [1.165, 1.54) is 22.9 Å². The van der Waals surface area contributed by atoms with Crippen molar-refractivity contribution in [3.8, 4) is 0 Å². The van der Waals surface area contributed by atoms with Crippen LogP contribution in [0.5, 0.6) is 0 Å². The van der Waals surface area contributed by atoms with E-state index in [4.69, 9.17) is 0 Å². The number of hydrogen-bond donors (Lipinski definition) is 1. The minimum absolute atomic E-state index is 0.418. The highest BCUT2D eigenvalue weighted by molar-refractivity contribution is 5.81. The van der Waals surface area contributed by atoms with Gasteiger partial charge in [-0.2, -0.15) is 0 Å². The van der Waals surface area contributed by atoms with Crippen LogP contribution in [0, 0.1) is 6.92 Å². The van der Waals surface area contributed by atoms with Gasteiger partial charge in [0.05, 0.1) is 5.52 Å². The van der Waals surface area contributed by atoms with Gasteiger partial charge in [0.1, 0.15) is 0 Å². The molecule has 0 fully saturated rings. The normalized spacial score (nSPS) is 13.7. The van der Waals surface area contributed by atoms with Gasteiger partial charge >= 0.3 is 0 Å². The van der Waals surface area contributed by atoms with E-state index in [1.54, 1.807) is 0 Å². The van der Waals surface area contributed by atoms with Gasteiger partial charge in [0.25, 0.3) is 0 Å². The van der Waals surface area contributed by atoms with E-state index in [-0.39, 0.29) is 0 Å². The molecule has 1 N–H and O–H groups in total. The highest BCUT2D eigenvalue weighted by atomic mass is 14.9. The van der Waals surface area contributed by atoms with E-state index < -0.39 is 0 Å². The van der Waals surface area contributed by atoms with Crippen molar-refractivity contribution in [1.29, 1.82) is 0 Å². The summed E-state index contributed by atoms with van der Waals surface area (Å²) in [7, 11) is 0. The molecular formula is C18H24N2. The van der Waals surface area contributed by atoms with E-state index >= 15 is 0 Å². The molecule has 2 nitrogen and oxygen atoms in total. The molecule has 0 aliphatic carbocycles. The molecule has 1 unspecified atom stereocenters. The maximum Gasteiger partial charge on any atom is 0.0705 e. The van der Waals surface area contributed by atoms with Crippen molar-refractivity contribution in [2.24, 2.45) is 0 Å². The summed E-state index contributed by atoms with van der Waals surface area (Å²) in [4.78, 5) is 4.54. The summed E-state index contributed by atoms with van der Waals surface area (Å²) in [5.41, 5.74) is 4.73. The van der Waals surface area contributed by atoms with Crippen molar-refractivity contribution in [2.75, 3.05) is 6.54 Å². The van der Waals surface area contributed by atoms with Crippen molar-refractivity contribution in [1.82, 2.24) is 10.3 Å². The van der Waals surface area contributed by atoms with Crippen LogP contribution in [-0.2, 0) is 0 Å². The predicted molar refractivity (Wildman–Crippen MR) is 87.9 cm³/mol. The van der Waals surface area contributed by atoms with E-state index in [2.05, 4.69) is 67.5 Å². The van der Waals surface area contributed by atoms with E-state index in [0.717, 1.165) is 17.8 Å². The summed E-state index contributed by atoms with van der Waals surface area (Å²) < 4.78 is 0. The summed E-state index contributed by atoms with van der Waals surface area (Å²) in [5.74, 6) is 0. The van der Waals surface area contributed by atoms with Gasteiger partial charge in [-0.15, -0.1) is 0 Å². The van der Waals surface area contributed by atoms with Gasteiger partial charge < -0.3 is 5.32 Å². The number of nitrogens with zero attached hydrogens (tertiary/aromatic N) is 1. The molecular weight excluding hydrogens is 244 g/mol. The maximum absolute atomic E-state index is 4.54. The zero-order valence-corrected chi connectivity index (χ0v) is 12.9. The molecule has 2 aromatic rings. The van der Waals surface area contributed by atoms with Crippen LogP contribution in [0.15, 0.2) is 35.9 Å². The first-order valence-electron chi connectivity index (χ1n) is 7.39. The lowest BCUT2D eigenvalue weighted by molar-refractivity contribution is 0.604. The lowest BCUT2D eigenvalue weighted by Crippen LogP contribution is -2.27. The summed E-state index contributed by atoms with van der Waals surface area (Å²) in [6, 6.07) is 11.1. The van der Waals surface area contributed by atoms with Crippen LogP contribution >= 0.6 is 0 Å². The fraction of sp³-hybridized carbons (Fsp3) is 0.389. The first kappa shape index (κ1) is 14.7. The second kappa shape index (κ2) is 6.67. The number of aromatic nitrogens is 1. The van der Waals surface area contributed by atoms with Crippen molar-refractivity contribution in [2.45, 2.75) is 40.2 Å². The van der Waals surface area contributed by atoms with Crippen LogP contribution in [-0.4, -0.2) is 17.6 Å². The quantitative estimate of drug-likeness (QED) is 0.872. The topological polar surface area (TPSA) is 24.9 Å². The molecule has 0 aliphatic heterocycles. The highest BCUT2D eigenvalue weighted by Crippen LogP contribution is 2.17. The third-order valence-corrected chi connectivity index (χ3v) is 3.63. The summed E-state index contributed by atoms with van der Waals surface area (Å²) in [5, 5.41) is 4.72. The van der Waals surface area contributed by atoms with Gasteiger partial charge in [-0.1, -0.05) is 30.7 Å². The third kappa shape index (κ3) is 3.67. The molecule has 0 spiro atoms. The first-order chi connectivity index (χ1) is 9.60. The van der Waals surface area contributed by atoms with Gasteiger partial charge in [0, 0.05) is 17.1 Å². The number of benzene rings is 1. The smallest absolute Gasteiger partial charge is 0.0705 e. The lowest BCUT2D eigenvalue weighted by atomic mass is 10.0. The van der Waals surface area contributed by atoms with Crippen LogP contribution in [0.25, 0.3) is 17.0 Å². The Morgan fingerprint density at radius 2 is 2.10 bits per heavy atom. The molecule has 0 saturated heterocycles. The molecule has 0 amide bonds. The second-order valence-corrected chi connectivity index (χ2v) is 5.47. The summed E-state index contributed by atoms with van der Waals surface area (Å²) in [6.07, 6.45) is 3.42. The summed E-state index contributed by atoms with van der Waals surface area (Å²) >= 11 is 0. The van der Waals surface area contributed by atoms with Gasteiger partial charge in [0.2, 0.25) is 0 Å². The average Bonchev–Trinajstić information content (AvgIpc) is 2.44. The second-order valence-electron chi connectivity index (χ2n) is 5.47. The molecule has 1 heterocycles. The number of aryl methyl sites for hydroxylation is 1. The van der Waals surface area contributed by atoms with Gasteiger partial charge in [0.15, 0.2) is 0 Å². The van der Waals surface area contributed by atoms with Crippen LogP contribution in [0.4, 0.5) is 0 Å². The molecule has 106 valence electrons. The van der Waals surface area contributed by atoms with Crippen LogP contribution < -0.4 is 5.32 Å². The van der Waals surface area contributed by atoms with E-state index in [1.807, 2.05) is 6.92 Å². The van der Waals surface area contributed by atoms with Crippen molar-refractivity contribution >= 4 is 17.0 Å². The Morgan fingerprint density at radius 3 is 2.85 bits per heavy atom. The molecule has 1 atom stereocenters. The highest BCUT2D eigenvalue weighted by Gasteiger charge is 2.03. The average molecular weight is 268 g/mol. The Labute approximate surface area is 121 Å². The Bertz CT molecular complexity index is 614. The van der Waals surface area contributed by atoms with Crippen LogP contribution in [0.1, 0.15) is 38.4 Å². The fourth-order valence-corrected chi connectivity index (χ4v) is 2.25. The molecule has 1 aromatic heterocycles. The number of fused-ring (bicyclic) bond motifs is 1. The van der Waals surface area contributed by atoms with Gasteiger partial charge in [-0.3, -0.25) is 4.98 Å². The minimum Gasteiger partial charge on any atom is -0.311 e. The predicted octanol–water partition coefficient (Wildman–Crippen LogP) is 4.33. The van der Waals surface area contributed by atoms with Crippen molar-refractivity contribution < 1.29 is 0 Å². The molecule has 0 saturated carbocycles. The number of nitrogens with one attached hydrogen (secondary N) is 1. The maximum atomic E-state index is 4.54. The molecule has 0 radical (unpaired) electrons. The molecule has 1 aromatic carbocycles. The number of pyridine rings is 1. The third-order valence-electron chi connectivity index (χ3n) is 3.63. The Morgan fingerprint density at radius 1 is 1.30 bits per heavy atom. The lowest BCUT2D eigenvalue weighted by Gasteiger charge is -2.14. The zero-order valence-electron chi connectivity index (χ0n) is 12.9. The molecule has 2 rings (SSSR count). The molecule has 20 heavy (non-hydrogen) atoms. The standard InChI is InChI=1S/C18H24N2/c1-5-10-19-15(4)13(2)11-16-7-9-18-17(12-16)8-6-14(3)20-18/h6-9,11-12,15,19H,5,10H2,1-4H3/b13-11+. The minimum atomic E-state index is 0.418. The summed E-state index contributed by atoms with van der Waals surface area (Å²) in [6.45, 7) is 9.68. The van der Waals surface area contributed by atoms with Gasteiger partial charge in [-0.05, 0) is 57.5 Å². The number of rotatable bonds is 5. The van der Waals surface area contributed by atoms with Crippen molar-refractivity contribution in [3.63, 3.8) is 0 Å². The Balaban J connectivity index is 2.22. The van der Waals surface area contributed by atoms with E-state index in [0.29, 0.717) is 6.04 Å². The molecule has 0 aliphatic rings.